The van der Waals surface area contributed by atoms with Crippen LogP contribution in [0.2, 0.25) is 0 Å². The van der Waals surface area contributed by atoms with Crippen LogP contribution < -0.4 is 15.5 Å². The molecule has 4 heterocycles. The molecular weight excluding hydrogens is 230 g/mol. The van der Waals surface area contributed by atoms with Crippen LogP contribution in [0.3, 0.4) is 0 Å². The lowest BCUT2D eigenvalue weighted by Crippen LogP contribution is -2.44. The predicted octanol–water partition coefficient (Wildman–Crippen LogP) is -0.270. The van der Waals surface area contributed by atoms with Crippen molar-refractivity contribution in [1.82, 2.24) is 25.5 Å². The first-order valence-electron chi connectivity index (χ1n) is 6.36. The fourth-order valence-electron chi connectivity index (χ4n) is 2.59. The summed E-state index contributed by atoms with van der Waals surface area (Å²) in [6.07, 6.45) is 0.958. The number of rotatable bonds is 1. The van der Waals surface area contributed by atoms with Crippen molar-refractivity contribution in [2.45, 2.75) is 6.42 Å². The molecule has 7 nitrogen and oxygen atoms in total. The van der Waals surface area contributed by atoms with Gasteiger partial charge in [0.25, 0.3) is 0 Å². The minimum Gasteiger partial charge on any atom is -0.369 e. The molecule has 1 fully saturated rings. The van der Waals surface area contributed by atoms with Crippen LogP contribution in [0.1, 0.15) is 5.69 Å². The zero-order valence-corrected chi connectivity index (χ0v) is 10.0. The van der Waals surface area contributed by atoms with Gasteiger partial charge in [0.1, 0.15) is 5.82 Å². The molecule has 3 N–H and O–H groups in total. The van der Waals surface area contributed by atoms with E-state index in [1.165, 1.54) is 0 Å². The van der Waals surface area contributed by atoms with Gasteiger partial charge in [-0.1, -0.05) is 0 Å². The third-order valence-corrected chi connectivity index (χ3v) is 3.54. The van der Waals surface area contributed by atoms with E-state index in [0.29, 0.717) is 0 Å². The first kappa shape index (κ1) is 10.1. The summed E-state index contributed by atoms with van der Waals surface area (Å²) in [5, 5.41) is 15.1. The van der Waals surface area contributed by atoms with Gasteiger partial charge in [0.05, 0.1) is 11.1 Å². The normalized spacial score (nSPS) is 19.0. The summed E-state index contributed by atoms with van der Waals surface area (Å²) in [5.41, 5.74) is 1.92. The van der Waals surface area contributed by atoms with Crippen LogP contribution in [-0.2, 0) is 6.42 Å². The van der Waals surface area contributed by atoms with Gasteiger partial charge in [0, 0.05) is 39.1 Å². The van der Waals surface area contributed by atoms with Gasteiger partial charge in [-0.25, -0.2) is 0 Å². The quantitative estimate of drug-likeness (QED) is 0.641. The average Bonchev–Trinajstić information content (AvgIpc) is 2.85. The number of aromatic nitrogens is 4. The summed E-state index contributed by atoms with van der Waals surface area (Å²) < 4.78 is 0. The van der Waals surface area contributed by atoms with Crippen LogP contribution in [0.4, 0.5) is 11.8 Å². The highest BCUT2D eigenvalue weighted by Gasteiger charge is 2.21. The first-order valence-corrected chi connectivity index (χ1v) is 6.36. The van der Waals surface area contributed by atoms with Crippen molar-refractivity contribution in [3.8, 4) is 0 Å². The number of hydrogen-bond donors (Lipinski definition) is 3. The maximum Gasteiger partial charge on any atom is 0.229 e. The van der Waals surface area contributed by atoms with Crippen molar-refractivity contribution >= 4 is 22.8 Å². The Labute approximate surface area is 104 Å². The summed E-state index contributed by atoms with van der Waals surface area (Å²) in [4.78, 5) is 11.4. The van der Waals surface area contributed by atoms with E-state index in [1.54, 1.807) is 0 Å². The van der Waals surface area contributed by atoms with E-state index in [4.69, 9.17) is 0 Å². The Hall–Kier alpha value is -1.89. The van der Waals surface area contributed by atoms with Gasteiger partial charge in [0.2, 0.25) is 5.95 Å². The van der Waals surface area contributed by atoms with Gasteiger partial charge in [-0.15, -0.1) is 0 Å². The number of nitrogens with one attached hydrogen (secondary N) is 3. The molecule has 2 aliphatic heterocycles. The number of nitrogens with zero attached hydrogens (tertiary/aromatic N) is 4. The maximum absolute atomic E-state index is 4.64. The topological polar surface area (TPSA) is 81.8 Å². The number of H-pyrrole nitrogens is 1. The van der Waals surface area contributed by atoms with Gasteiger partial charge in [-0.2, -0.15) is 15.1 Å². The summed E-state index contributed by atoms with van der Waals surface area (Å²) in [6, 6.07) is 0. The second-order valence-corrected chi connectivity index (χ2v) is 4.69. The van der Waals surface area contributed by atoms with Crippen LogP contribution >= 0.6 is 0 Å². The van der Waals surface area contributed by atoms with Crippen molar-refractivity contribution in [3.63, 3.8) is 0 Å². The Kier molecular flexibility index (Phi) is 2.13. The zero-order valence-electron chi connectivity index (χ0n) is 10.0. The fourth-order valence-corrected chi connectivity index (χ4v) is 2.59. The standard InChI is InChI=1S/C11H15N7/c1-2-13-9-8-7(1)16-17-10(8)15-11(14-9)18-5-3-12-4-6-18/h12H,1-6H2,(H2,13,14,15,16,17). The molecule has 0 aliphatic carbocycles. The van der Waals surface area contributed by atoms with Crippen LogP contribution in [0.25, 0.3) is 11.0 Å². The smallest absolute Gasteiger partial charge is 0.229 e. The van der Waals surface area contributed by atoms with Crippen LogP contribution in [0.5, 0.6) is 0 Å². The molecule has 0 amide bonds. The van der Waals surface area contributed by atoms with Crippen molar-refractivity contribution < 1.29 is 0 Å². The van der Waals surface area contributed by atoms with E-state index < -0.39 is 0 Å². The Bertz CT molecular complexity index is 584. The molecule has 0 bridgehead atoms. The third-order valence-electron chi connectivity index (χ3n) is 3.54. The molecule has 2 aromatic rings. The minimum atomic E-state index is 0.774. The minimum absolute atomic E-state index is 0.774. The molecule has 94 valence electrons. The van der Waals surface area contributed by atoms with Crippen molar-refractivity contribution in [1.29, 1.82) is 0 Å². The van der Waals surface area contributed by atoms with E-state index >= 15 is 0 Å². The molecule has 0 aromatic carbocycles. The number of piperazine rings is 1. The van der Waals surface area contributed by atoms with Gasteiger partial charge < -0.3 is 15.5 Å². The van der Waals surface area contributed by atoms with E-state index in [9.17, 15) is 0 Å². The highest BCUT2D eigenvalue weighted by molar-refractivity contribution is 5.91. The van der Waals surface area contributed by atoms with Crippen molar-refractivity contribution in [2.75, 3.05) is 42.9 Å². The summed E-state index contributed by atoms with van der Waals surface area (Å²) >= 11 is 0. The highest BCUT2D eigenvalue weighted by Crippen LogP contribution is 2.28. The largest absolute Gasteiger partial charge is 0.369 e. The molecule has 0 unspecified atom stereocenters. The molecule has 7 heteroatoms. The van der Waals surface area contributed by atoms with E-state index in [-0.39, 0.29) is 0 Å². The average molecular weight is 245 g/mol. The molecule has 0 radical (unpaired) electrons. The molecule has 0 saturated carbocycles. The third kappa shape index (κ3) is 1.43. The monoisotopic (exact) mass is 245 g/mol. The van der Waals surface area contributed by atoms with E-state index in [2.05, 4.69) is 35.7 Å². The second-order valence-electron chi connectivity index (χ2n) is 4.69. The summed E-state index contributed by atoms with van der Waals surface area (Å²) in [7, 11) is 0. The van der Waals surface area contributed by atoms with Gasteiger partial charge in [-0.3, -0.25) is 5.10 Å². The molecule has 0 atom stereocenters. The first-order chi connectivity index (χ1) is 8.92. The van der Waals surface area contributed by atoms with Crippen molar-refractivity contribution in [3.05, 3.63) is 5.69 Å². The molecule has 1 saturated heterocycles. The lowest BCUT2D eigenvalue weighted by molar-refractivity contribution is 0.580. The predicted molar refractivity (Wildman–Crippen MR) is 69.0 cm³/mol. The molecule has 4 rings (SSSR count). The molecule has 0 spiro atoms. The van der Waals surface area contributed by atoms with E-state index in [0.717, 1.165) is 67.6 Å². The number of anilines is 2. The maximum atomic E-state index is 4.64. The SMILES string of the molecule is C1CN(c2nc3c4c([nH]nc4n2)CCN3)CCN1. The van der Waals surface area contributed by atoms with Gasteiger partial charge in [-0.05, 0) is 0 Å². The fraction of sp³-hybridized carbons (Fsp3) is 0.545. The lowest BCUT2D eigenvalue weighted by atomic mass is 10.2. The second kappa shape index (κ2) is 3.81. The Morgan fingerprint density at radius 1 is 1.06 bits per heavy atom. The zero-order chi connectivity index (χ0) is 11.9. The highest BCUT2D eigenvalue weighted by atomic mass is 15.3. The van der Waals surface area contributed by atoms with Crippen LogP contribution in [-0.4, -0.2) is 52.9 Å². The Balaban J connectivity index is 1.82. The number of hydrogen-bond acceptors (Lipinski definition) is 6. The molecule has 2 aromatic heterocycles. The van der Waals surface area contributed by atoms with E-state index in [1.807, 2.05) is 0 Å². The van der Waals surface area contributed by atoms with Gasteiger partial charge >= 0.3 is 0 Å². The van der Waals surface area contributed by atoms with Gasteiger partial charge in [0.15, 0.2) is 5.65 Å². The molecular formula is C11H15N7. The molecule has 2 aliphatic rings. The Morgan fingerprint density at radius 2 is 1.94 bits per heavy atom. The van der Waals surface area contributed by atoms with Crippen LogP contribution in [0.15, 0.2) is 0 Å². The van der Waals surface area contributed by atoms with Crippen LogP contribution in [0, 0.1) is 0 Å². The summed E-state index contributed by atoms with van der Waals surface area (Å²) in [6.45, 7) is 4.76. The number of aromatic amines is 1. The molecule has 18 heavy (non-hydrogen) atoms. The van der Waals surface area contributed by atoms with Crippen molar-refractivity contribution in [2.24, 2.45) is 0 Å². The lowest BCUT2D eigenvalue weighted by Gasteiger charge is -2.27. The Morgan fingerprint density at radius 3 is 2.83 bits per heavy atom. The summed E-state index contributed by atoms with van der Waals surface area (Å²) in [5.74, 6) is 1.70.